The van der Waals surface area contributed by atoms with Crippen molar-refractivity contribution in [1.29, 1.82) is 0 Å². The Hall–Kier alpha value is -5.96. The number of hydrogen-bond donors (Lipinski definition) is 6. The first-order chi connectivity index (χ1) is 34.4. The molecule has 24 heteroatoms. The molecule has 4 aromatic carbocycles. The molecule has 18 nitrogen and oxygen atoms in total. The summed E-state index contributed by atoms with van der Waals surface area (Å²) in [5.74, 6) is -3.51. The van der Waals surface area contributed by atoms with Crippen LogP contribution in [0, 0.1) is 11.6 Å². The molecule has 6 N–H and O–H groups in total. The van der Waals surface area contributed by atoms with E-state index in [0.717, 1.165) is 0 Å². The average molecular weight is 1130 g/mol. The molecule has 0 aliphatic carbocycles. The van der Waals surface area contributed by atoms with E-state index in [1.54, 1.807) is 62.4 Å². The number of benzene rings is 4. The predicted octanol–water partition coefficient (Wildman–Crippen LogP) is 8.59. The van der Waals surface area contributed by atoms with E-state index in [4.69, 9.17) is 18.8 Å². The van der Waals surface area contributed by atoms with E-state index in [9.17, 15) is 47.3 Å². The van der Waals surface area contributed by atoms with Gasteiger partial charge in [0.1, 0.15) is 29.4 Å². The summed E-state index contributed by atoms with van der Waals surface area (Å²) in [5, 5.41) is 27.6. The molecule has 4 heterocycles. The zero-order valence-corrected chi connectivity index (χ0v) is 44.9. The first-order valence-electron chi connectivity index (χ1n) is 22.9. The van der Waals surface area contributed by atoms with Gasteiger partial charge in [-0.2, -0.15) is 0 Å². The third-order valence-corrected chi connectivity index (χ3v) is 13.9. The van der Waals surface area contributed by atoms with E-state index >= 15 is 0 Å². The Morgan fingerprint density at radius 3 is 1.41 bits per heavy atom. The molecule has 2 aromatic heterocycles. The lowest BCUT2D eigenvalue weighted by atomic mass is 9.96. The van der Waals surface area contributed by atoms with Gasteiger partial charge in [0.05, 0.1) is 47.8 Å². The summed E-state index contributed by atoms with van der Waals surface area (Å²) < 4.78 is 60.9. The van der Waals surface area contributed by atoms with Crippen LogP contribution >= 0.6 is 30.5 Å². The summed E-state index contributed by atoms with van der Waals surface area (Å²) in [6, 6.07) is 17.8. The number of halogens is 3. The first kappa shape index (κ1) is 56.3. The van der Waals surface area contributed by atoms with Crippen LogP contribution in [0.2, 0.25) is 19.6 Å². The fraction of sp³-hybridized carbons (Fsp3) is 0.306. The van der Waals surface area contributed by atoms with Gasteiger partial charge < -0.3 is 49.5 Å². The molecule has 2 aliphatic heterocycles. The van der Waals surface area contributed by atoms with Gasteiger partial charge in [0.2, 0.25) is 0 Å². The van der Waals surface area contributed by atoms with E-state index in [2.05, 4.69) is 55.5 Å². The van der Waals surface area contributed by atoms with E-state index in [-0.39, 0.29) is 109 Å². The maximum Gasteiger partial charge on any atom is 0.332 e. The number of rotatable bonds is 16. The van der Waals surface area contributed by atoms with Gasteiger partial charge in [-0.05, 0) is 61.4 Å². The molecule has 0 unspecified atom stereocenters. The Morgan fingerprint density at radius 1 is 0.685 bits per heavy atom. The van der Waals surface area contributed by atoms with Crippen molar-refractivity contribution < 1.29 is 66.1 Å². The fourth-order valence-electron chi connectivity index (χ4n) is 8.06. The average Bonchev–Trinajstić information content (AvgIpc) is 3.81. The van der Waals surface area contributed by atoms with Crippen LogP contribution in [0.4, 0.5) is 8.78 Å². The summed E-state index contributed by atoms with van der Waals surface area (Å²) in [6.45, 7) is 9.90. The van der Waals surface area contributed by atoms with Crippen LogP contribution in [0.1, 0.15) is 77.5 Å². The molecule has 8 rings (SSSR count). The van der Waals surface area contributed by atoms with Crippen molar-refractivity contribution in [1.82, 2.24) is 30.4 Å². The second kappa shape index (κ2) is 23.9. The van der Waals surface area contributed by atoms with Crippen molar-refractivity contribution in [2.24, 2.45) is 0 Å². The number of carbonyl (C=O) groups is 4. The third-order valence-electron chi connectivity index (χ3n) is 11.0. The summed E-state index contributed by atoms with van der Waals surface area (Å²) >= 11 is 3.51. The molecule has 73 heavy (non-hydrogen) atoms. The van der Waals surface area contributed by atoms with E-state index < -0.39 is 57.5 Å². The van der Waals surface area contributed by atoms with Gasteiger partial charge in [0.15, 0.2) is 11.5 Å². The lowest BCUT2D eigenvalue weighted by Crippen LogP contribution is -2.28. The van der Waals surface area contributed by atoms with Crippen molar-refractivity contribution in [2.75, 3.05) is 38.6 Å². The number of phenolic OH excluding ortho intramolecular Hbond substituents is 2. The quantitative estimate of drug-likeness (QED) is 0.0301. The van der Waals surface area contributed by atoms with Crippen molar-refractivity contribution in [2.45, 2.75) is 59.7 Å². The van der Waals surface area contributed by atoms with Crippen LogP contribution in [0.25, 0.3) is 21.8 Å². The van der Waals surface area contributed by atoms with Gasteiger partial charge in [-0.1, -0.05) is 56.0 Å². The standard InChI is InChI=1S/C25H27FN3O6P.C21H19FN3O6P.C3H9BrSi/c1-3-34-36(33,35-4-2)13-12-28-24(31)20-18-6-5-11-27-22(18)23(30)21-19(20)15-29(25(21)32)14-16-7-9-17(26)10-8-16;22-13-5-3-12(4-6-13)10-25-11-15-16(20(27)24-8-9-32(29,30)31)14-2-1-7-23-18(14)19(26)17(15)21(25)28;1-5(2,3)4/h5-11,30H,3-4,12-15H2,1-2H3,(H,28,31);1-7,26H,8-11H2,(H,24,27)(H2,29,30,31);1-3H3. The number of aromatic nitrogens is 2. The van der Waals surface area contributed by atoms with Gasteiger partial charge in [-0.15, -0.1) is 15.3 Å². The fourth-order valence-corrected chi connectivity index (χ4v) is 9.97. The molecule has 0 saturated heterocycles. The second-order valence-corrected chi connectivity index (χ2v) is 32.9. The SMILES string of the molecule is CCOP(=O)(CCNC(=O)c1c2c(c(O)c3ncccc13)C(=O)N(Cc1ccc(F)cc1)C2)OCC.C[Si](C)(C)Br.O=C(NCCP(=O)(O)O)c1c2c(c(O)c3ncccc13)C(=O)N(Cc1ccc(F)cc1)C2. The molecule has 4 amide bonds. The number of amides is 4. The number of fused-ring (bicyclic) bond motifs is 4. The number of carbonyl (C=O) groups excluding carboxylic acids is 4. The highest BCUT2D eigenvalue weighted by Gasteiger charge is 2.38. The number of aromatic hydroxyl groups is 2. The van der Waals surface area contributed by atoms with Gasteiger partial charge in [-0.25, -0.2) is 8.78 Å². The summed E-state index contributed by atoms with van der Waals surface area (Å²) in [5.41, 5.74) is 2.54. The van der Waals surface area contributed by atoms with Crippen molar-refractivity contribution in [3.8, 4) is 11.5 Å². The topological polar surface area (TPSA) is 258 Å². The van der Waals surface area contributed by atoms with Crippen molar-refractivity contribution >= 4 is 82.6 Å². The number of nitrogens with zero attached hydrogens (tertiary/aromatic N) is 4. The van der Waals surface area contributed by atoms with E-state index in [0.29, 0.717) is 33.0 Å². The molecule has 0 atom stereocenters. The molecule has 0 bridgehead atoms. The Bertz CT molecular complexity index is 3130. The number of nitrogens with one attached hydrogen (secondary N) is 2. The van der Waals surface area contributed by atoms with Crippen LogP contribution < -0.4 is 10.6 Å². The largest absolute Gasteiger partial charge is 0.505 e. The Kier molecular flexibility index (Phi) is 18.5. The van der Waals surface area contributed by atoms with Gasteiger partial charge >= 0.3 is 15.2 Å². The zero-order valence-electron chi connectivity index (χ0n) is 40.5. The Labute approximate surface area is 428 Å². The molecule has 388 valence electrons. The summed E-state index contributed by atoms with van der Waals surface area (Å²) in [6.07, 6.45) is 2.32. The molecule has 6 aromatic rings. The number of hydrogen-bond acceptors (Lipinski definition) is 12. The van der Waals surface area contributed by atoms with Crippen molar-refractivity contribution in [3.63, 3.8) is 0 Å². The minimum atomic E-state index is -4.30. The number of pyridine rings is 2. The smallest absolute Gasteiger partial charge is 0.332 e. The van der Waals surface area contributed by atoms with Crippen LogP contribution in [0.3, 0.4) is 0 Å². The normalized spacial score (nSPS) is 13.3. The van der Waals surface area contributed by atoms with Gasteiger partial charge in [0.25, 0.3) is 23.6 Å². The third kappa shape index (κ3) is 14.2. The first-order valence-corrected chi connectivity index (χ1v) is 32.2. The minimum Gasteiger partial charge on any atom is -0.505 e. The molecule has 0 saturated carbocycles. The van der Waals surface area contributed by atoms with E-state index in [1.807, 2.05) is 0 Å². The molecule has 0 radical (unpaired) electrons. The van der Waals surface area contributed by atoms with Crippen molar-refractivity contribution in [3.05, 3.63) is 141 Å². The van der Waals surface area contributed by atoms with E-state index in [1.165, 1.54) is 46.5 Å². The molecule has 0 spiro atoms. The monoisotopic (exact) mass is 1130 g/mol. The molecular formula is C49H55BrF2N6O12P2Si. The summed E-state index contributed by atoms with van der Waals surface area (Å²) in [4.78, 5) is 82.0. The molecular weight excluding hydrogens is 1070 g/mol. The highest BCUT2D eigenvalue weighted by molar-refractivity contribution is 9.26. The van der Waals surface area contributed by atoms with Crippen LogP contribution in [-0.2, 0) is 44.4 Å². The highest BCUT2D eigenvalue weighted by Crippen LogP contribution is 2.47. The minimum absolute atomic E-state index is 0.0146. The van der Waals surface area contributed by atoms with Crippen LogP contribution in [0.5, 0.6) is 11.5 Å². The molecule has 0 fully saturated rings. The Morgan fingerprint density at radius 2 is 1.05 bits per heavy atom. The van der Waals surface area contributed by atoms with Gasteiger partial charge in [-0.3, -0.25) is 38.3 Å². The lowest BCUT2D eigenvalue weighted by molar-refractivity contribution is 0.0757. The lowest BCUT2D eigenvalue weighted by Gasteiger charge is -2.18. The van der Waals surface area contributed by atoms with Gasteiger partial charge in [0, 0.05) is 73.6 Å². The summed E-state index contributed by atoms with van der Waals surface area (Å²) in [7, 11) is -7.66. The van der Waals surface area contributed by atoms with Crippen LogP contribution in [-0.4, -0.2) is 109 Å². The Balaban J connectivity index is 0.000000219. The second-order valence-electron chi connectivity index (χ2n) is 17.7. The molecule has 2 aliphatic rings. The van der Waals surface area contributed by atoms with Crippen LogP contribution in [0.15, 0.2) is 85.2 Å². The maximum atomic E-state index is 13.4. The predicted molar refractivity (Wildman–Crippen MR) is 276 cm³/mol. The zero-order chi connectivity index (χ0) is 53.4. The number of phenols is 2. The maximum absolute atomic E-state index is 13.4. The highest BCUT2D eigenvalue weighted by atomic mass is 79.9.